The van der Waals surface area contributed by atoms with Gasteiger partial charge in [0.05, 0.1) is 11.7 Å². The van der Waals surface area contributed by atoms with Gasteiger partial charge >= 0.3 is 0 Å². The fraction of sp³-hybridized carbons (Fsp3) is 0. The first-order chi connectivity index (χ1) is 6.58. The first kappa shape index (κ1) is 8.68. The van der Waals surface area contributed by atoms with Gasteiger partial charge in [0.25, 0.3) is 0 Å². The van der Waals surface area contributed by atoms with Gasteiger partial charge in [-0.2, -0.15) is 0 Å². The molecule has 0 fully saturated rings. The van der Waals surface area contributed by atoms with E-state index in [1.165, 1.54) is 6.07 Å². The molecule has 0 atom stereocenters. The SMILES string of the molecule is O=C([O-])c1cc2cc(F)c(F)cc2[nH]1. The average molecular weight is 196 g/mol. The molecule has 1 aromatic carbocycles. The van der Waals surface area contributed by atoms with Crippen molar-refractivity contribution in [1.29, 1.82) is 0 Å². The second-order valence-corrected chi connectivity index (χ2v) is 2.82. The van der Waals surface area contributed by atoms with Crippen LogP contribution in [-0.4, -0.2) is 11.0 Å². The smallest absolute Gasteiger partial charge is 0.160 e. The van der Waals surface area contributed by atoms with Crippen LogP contribution < -0.4 is 5.11 Å². The highest BCUT2D eigenvalue weighted by Crippen LogP contribution is 2.18. The molecule has 3 nitrogen and oxygen atoms in total. The summed E-state index contributed by atoms with van der Waals surface area (Å²) in [4.78, 5) is 12.8. The first-order valence-corrected chi connectivity index (χ1v) is 3.77. The molecule has 1 aromatic heterocycles. The molecule has 0 saturated heterocycles. The number of carboxylic acids is 1. The summed E-state index contributed by atoms with van der Waals surface area (Å²) in [5.74, 6) is -3.45. The number of hydrogen-bond acceptors (Lipinski definition) is 2. The molecular formula is C9H4F2NO2-. The largest absolute Gasteiger partial charge is 0.543 e. The van der Waals surface area contributed by atoms with Gasteiger partial charge in [-0.3, -0.25) is 0 Å². The van der Waals surface area contributed by atoms with Gasteiger partial charge < -0.3 is 14.9 Å². The lowest BCUT2D eigenvalue weighted by atomic mass is 10.2. The fourth-order valence-electron chi connectivity index (χ4n) is 1.24. The molecule has 5 heteroatoms. The molecule has 14 heavy (non-hydrogen) atoms. The van der Waals surface area contributed by atoms with Crippen LogP contribution in [0.15, 0.2) is 18.2 Å². The molecule has 1 N–H and O–H groups in total. The number of nitrogens with one attached hydrogen (secondary N) is 1. The lowest BCUT2D eigenvalue weighted by Gasteiger charge is -1.94. The Morgan fingerprint density at radius 2 is 1.86 bits per heavy atom. The van der Waals surface area contributed by atoms with Gasteiger partial charge in [-0.25, -0.2) is 8.78 Å². The van der Waals surface area contributed by atoms with Crippen molar-refractivity contribution in [2.45, 2.75) is 0 Å². The quantitative estimate of drug-likeness (QED) is 0.733. The second-order valence-electron chi connectivity index (χ2n) is 2.82. The zero-order chi connectivity index (χ0) is 10.3. The Kier molecular flexibility index (Phi) is 1.73. The molecule has 2 rings (SSSR count). The first-order valence-electron chi connectivity index (χ1n) is 3.77. The molecule has 1 heterocycles. The van der Waals surface area contributed by atoms with E-state index in [1.807, 2.05) is 0 Å². The molecule has 0 spiro atoms. The molecule has 0 saturated carbocycles. The van der Waals surface area contributed by atoms with Crippen molar-refractivity contribution in [3.8, 4) is 0 Å². The summed E-state index contributed by atoms with van der Waals surface area (Å²) < 4.78 is 25.4. The summed E-state index contributed by atoms with van der Waals surface area (Å²) in [6, 6.07) is 3.01. The van der Waals surface area contributed by atoms with Gasteiger partial charge in [-0.1, -0.05) is 0 Å². The summed E-state index contributed by atoms with van der Waals surface area (Å²) in [6.45, 7) is 0. The highest BCUT2D eigenvalue weighted by molar-refractivity contribution is 5.92. The fourth-order valence-corrected chi connectivity index (χ4v) is 1.24. The van der Waals surface area contributed by atoms with Gasteiger partial charge in [0, 0.05) is 17.0 Å². The average Bonchev–Trinajstić information content (AvgIpc) is 2.48. The van der Waals surface area contributed by atoms with Gasteiger partial charge in [0.15, 0.2) is 11.6 Å². The minimum atomic E-state index is -1.41. The van der Waals surface area contributed by atoms with Crippen molar-refractivity contribution < 1.29 is 18.7 Å². The van der Waals surface area contributed by atoms with E-state index in [0.29, 0.717) is 5.39 Å². The number of fused-ring (bicyclic) bond motifs is 1. The van der Waals surface area contributed by atoms with Crippen molar-refractivity contribution in [3.05, 3.63) is 35.5 Å². The number of carbonyl (C=O) groups is 1. The van der Waals surface area contributed by atoms with Crippen LogP contribution >= 0.6 is 0 Å². The second kappa shape index (κ2) is 2.80. The number of aromatic nitrogens is 1. The van der Waals surface area contributed by atoms with Crippen molar-refractivity contribution in [1.82, 2.24) is 4.98 Å². The number of aromatic amines is 1. The van der Waals surface area contributed by atoms with E-state index < -0.39 is 17.6 Å². The van der Waals surface area contributed by atoms with Crippen LogP contribution in [0.3, 0.4) is 0 Å². The third-order valence-corrected chi connectivity index (χ3v) is 1.88. The number of rotatable bonds is 1. The molecule has 0 aliphatic rings. The number of aromatic carboxylic acids is 1. The zero-order valence-electron chi connectivity index (χ0n) is 6.80. The molecule has 0 aliphatic carbocycles. The van der Waals surface area contributed by atoms with Crippen molar-refractivity contribution >= 4 is 16.9 Å². The zero-order valence-corrected chi connectivity index (χ0v) is 6.80. The highest BCUT2D eigenvalue weighted by atomic mass is 19.2. The number of carbonyl (C=O) groups excluding carboxylic acids is 1. The standard InChI is InChI=1S/C9H5F2NO2/c10-5-1-4-2-8(9(13)14)12-7(4)3-6(5)11/h1-3,12H,(H,13,14)/p-1. The van der Waals surface area contributed by atoms with Crippen LogP contribution in [0.2, 0.25) is 0 Å². The number of halogens is 2. The molecule has 2 aromatic rings. The Hall–Kier alpha value is -1.91. The number of benzene rings is 1. The van der Waals surface area contributed by atoms with E-state index in [-0.39, 0.29) is 11.2 Å². The molecule has 0 unspecified atom stereocenters. The van der Waals surface area contributed by atoms with E-state index in [9.17, 15) is 18.7 Å². The van der Waals surface area contributed by atoms with Crippen molar-refractivity contribution in [3.63, 3.8) is 0 Å². The van der Waals surface area contributed by atoms with E-state index in [0.717, 1.165) is 12.1 Å². The summed E-state index contributed by atoms with van der Waals surface area (Å²) in [5.41, 5.74) is 0.0214. The normalized spacial score (nSPS) is 10.7. The minimum Gasteiger partial charge on any atom is -0.543 e. The molecule has 0 aliphatic heterocycles. The molecule has 0 radical (unpaired) electrons. The Labute approximate surface area is 77.0 Å². The van der Waals surface area contributed by atoms with E-state index >= 15 is 0 Å². The van der Waals surface area contributed by atoms with Crippen LogP contribution in [-0.2, 0) is 0 Å². The maximum absolute atomic E-state index is 12.7. The third-order valence-electron chi connectivity index (χ3n) is 1.88. The lowest BCUT2D eigenvalue weighted by molar-refractivity contribution is -0.255. The molecule has 0 bridgehead atoms. The van der Waals surface area contributed by atoms with Crippen molar-refractivity contribution in [2.24, 2.45) is 0 Å². The maximum Gasteiger partial charge on any atom is 0.160 e. The Balaban J connectivity index is 2.72. The molecular weight excluding hydrogens is 192 g/mol. The molecule has 72 valence electrons. The topological polar surface area (TPSA) is 55.9 Å². The minimum absolute atomic E-state index is 0.204. The number of carboxylic acid groups (broad SMARTS) is 1. The Morgan fingerprint density at radius 3 is 2.50 bits per heavy atom. The van der Waals surface area contributed by atoms with E-state index in [2.05, 4.69) is 4.98 Å². The maximum atomic E-state index is 12.7. The van der Waals surface area contributed by atoms with Crippen LogP contribution in [0.1, 0.15) is 10.5 Å². The van der Waals surface area contributed by atoms with E-state index in [4.69, 9.17) is 0 Å². The Morgan fingerprint density at radius 1 is 1.21 bits per heavy atom. The van der Waals surface area contributed by atoms with Gasteiger partial charge in [0.1, 0.15) is 0 Å². The highest BCUT2D eigenvalue weighted by Gasteiger charge is 2.07. The monoisotopic (exact) mass is 196 g/mol. The van der Waals surface area contributed by atoms with Crippen LogP contribution in [0, 0.1) is 11.6 Å². The van der Waals surface area contributed by atoms with Gasteiger partial charge in [-0.15, -0.1) is 0 Å². The predicted octanol–water partition coefficient (Wildman–Crippen LogP) is 0.810. The summed E-state index contributed by atoms with van der Waals surface area (Å²) in [5, 5.41) is 10.7. The number of hydrogen-bond donors (Lipinski definition) is 1. The summed E-state index contributed by atoms with van der Waals surface area (Å²) >= 11 is 0. The predicted molar refractivity (Wildman–Crippen MR) is 42.5 cm³/mol. The number of H-pyrrole nitrogens is 1. The van der Waals surface area contributed by atoms with Crippen LogP contribution in [0.4, 0.5) is 8.78 Å². The van der Waals surface area contributed by atoms with Gasteiger partial charge in [-0.05, 0) is 12.1 Å². The summed E-state index contributed by atoms with van der Waals surface area (Å²) in [7, 11) is 0. The van der Waals surface area contributed by atoms with Crippen molar-refractivity contribution in [2.75, 3.05) is 0 Å². The van der Waals surface area contributed by atoms with Crippen LogP contribution in [0.5, 0.6) is 0 Å². The van der Waals surface area contributed by atoms with Gasteiger partial charge in [0.2, 0.25) is 0 Å². The van der Waals surface area contributed by atoms with E-state index in [1.54, 1.807) is 0 Å². The summed E-state index contributed by atoms with van der Waals surface area (Å²) in [6.07, 6.45) is 0. The Bertz CT molecular complexity index is 480. The molecule has 0 amide bonds. The lowest BCUT2D eigenvalue weighted by Crippen LogP contribution is -2.22. The van der Waals surface area contributed by atoms with Crippen LogP contribution in [0.25, 0.3) is 10.9 Å². The third kappa shape index (κ3) is 1.22.